The number of carbonyl (C=O) groups excluding carboxylic acids is 1. The van der Waals surface area contributed by atoms with Gasteiger partial charge in [0.25, 0.3) is 0 Å². The molecule has 1 fully saturated rings. The molecular formula is C24H25N3O. The molecule has 3 aliphatic rings. The predicted octanol–water partition coefficient (Wildman–Crippen LogP) is 3.93. The number of para-hydroxylation sites is 2. The van der Waals surface area contributed by atoms with Gasteiger partial charge in [0.2, 0.25) is 5.91 Å². The first-order valence-corrected chi connectivity index (χ1v) is 10.4. The van der Waals surface area contributed by atoms with Crippen LogP contribution in [0.1, 0.15) is 42.5 Å². The van der Waals surface area contributed by atoms with Crippen molar-refractivity contribution in [3.63, 3.8) is 0 Å². The van der Waals surface area contributed by atoms with Crippen molar-refractivity contribution in [1.82, 2.24) is 9.88 Å². The van der Waals surface area contributed by atoms with E-state index in [1.54, 1.807) is 6.92 Å². The van der Waals surface area contributed by atoms with Crippen LogP contribution in [-0.4, -0.2) is 23.6 Å². The third-order valence-electron chi connectivity index (χ3n) is 7.23. The minimum absolute atomic E-state index is 0.0486. The molecule has 3 heterocycles. The highest BCUT2D eigenvalue weighted by molar-refractivity contribution is 5.87. The molecule has 1 saturated carbocycles. The van der Waals surface area contributed by atoms with E-state index >= 15 is 0 Å². The molecule has 0 bridgehead atoms. The Kier molecular flexibility index (Phi) is 3.26. The Morgan fingerprint density at radius 3 is 2.82 bits per heavy atom. The number of nitrogens with one attached hydrogen (secondary N) is 1. The molecule has 1 amide bonds. The van der Waals surface area contributed by atoms with E-state index in [2.05, 4.69) is 63.3 Å². The lowest BCUT2D eigenvalue weighted by atomic mass is 9.70. The van der Waals surface area contributed by atoms with Gasteiger partial charge in [-0.3, -0.25) is 4.79 Å². The lowest BCUT2D eigenvalue weighted by Gasteiger charge is -2.55. The highest BCUT2D eigenvalue weighted by Gasteiger charge is 2.60. The number of anilines is 1. The SMILES string of the molecule is CC(=O)NCCc1c2n(c3ccccc13)C13CCC1c1ccccc1N3CC2. The van der Waals surface area contributed by atoms with Gasteiger partial charge in [-0.25, -0.2) is 0 Å². The van der Waals surface area contributed by atoms with Gasteiger partial charge < -0.3 is 14.8 Å². The molecule has 6 rings (SSSR count). The van der Waals surface area contributed by atoms with Gasteiger partial charge >= 0.3 is 0 Å². The summed E-state index contributed by atoms with van der Waals surface area (Å²) in [6, 6.07) is 17.9. The van der Waals surface area contributed by atoms with Crippen LogP contribution in [0.3, 0.4) is 0 Å². The number of hydrogen-bond acceptors (Lipinski definition) is 2. The number of fused-ring (bicyclic) bond motifs is 6. The zero-order valence-corrected chi connectivity index (χ0v) is 16.2. The molecule has 2 unspecified atom stereocenters. The van der Waals surface area contributed by atoms with Crippen molar-refractivity contribution in [2.75, 3.05) is 18.0 Å². The molecular weight excluding hydrogens is 346 g/mol. The second-order valence-electron chi connectivity index (χ2n) is 8.44. The Hall–Kier alpha value is -2.75. The van der Waals surface area contributed by atoms with Crippen LogP contribution in [0.2, 0.25) is 0 Å². The Bertz CT molecular complexity index is 1110. The van der Waals surface area contributed by atoms with E-state index in [1.165, 1.54) is 46.3 Å². The lowest BCUT2D eigenvalue weighted by Crippen LogP contribution is -2.60. The average molecular weight is 371 g/mol. The molecule has 4 nitrogen and oxygen atoms in total. The van der Waals surface area contributed by atoms with Gasteiger partial charge in [-0.1, -0.05) is 36.4 Å². The van der Waals surface area contributed by atoms with Gasteiger partial charge in [0.1, 0.15) is 5.66 Å². The average Bonchev–Trinajstić information content (AvgIpc) is 3.10. The molecule has 1 N–H and O–H groups in total. The van der Waals surface area contributed by atoms with Crippen LogP contribution in [0.4, 0.5) is 5.69 Å². The van der Waals surface area contributed by atoms with Gasteiger partial charge in [-0.2, -0.15) is 0 Å². The molecule has 2 atom stereocenters. The fourth-order valence-electron chi connectivity index (χ4n) is 6.14. The summed E-state index contributed by atoms with van der Waals surface area (Å²) >= 11 is 0. The number of benzene rings is 2. The van der Waals surface area contributed by atoms with E-state index in [0.29, 0.717) is 12.5 Å². The molecule has 2 aliphatic heterocycles. The van der Waals surface area contributed by atoms with Crippen LogP contribution in [0.5, 0.6) is 0 Å². The Labute approximate surface area is 165 Å². The van der Waals surface area contributed by atoms with E-state index in [-0.39, 0.29) is 11.6 Å². The van der Waals surface area contributed by atoms with Crippen molar-refractivity contribution in [2.45, 2.75) is 44.2 Å². The molecule has 28 heavy (non-hydrogen) atoms. The van der Waals surface area contributed by atoms with Crippen molar-refractivity contribution in [3.05, 3.63) is 65.4 Å². The monoisotopic (exact) mass is 371 g/mol. The molecule has 0 radical (unpaired) electrons. The lowest BCUT2D eigenvalue weighted by molar-refractivity contribution is -0.118. The van der Waals surface area contributed by atoms with Crippen LogP contribution in [0.15, 0.2) is 48.5 Å². The highest BCUT2D eigenvalue weighted by atomic mass is 16.1. The van der Waals surface area contributed by atoms with Crippen molar-refractivity contribution >= 4 is 22.5 Å². The zero-order valence-electron chi connectivity index (χ0n) is 16.2. The summed E-state index contributed by atoms with van der Waals surface area (Å²) in [5.41, 5.74) is 7.31. The summed E-state index contributed by atoms with van der Waals surface area (Å²) < 4.78 is 2.68. The first kappa shape index (κ1) is 16.2. The quantitative estimate of drug-likeness (QED) is 0.758. The maximum Gasteiger partial charge on any atom is 0.216 e. The van der Waals surface area contributed by atoms with Gasteiger partial charge in [0, 0.05) is 49.1 Å². The van der Waals surface area contributed by atoms with E-state index < -0.39 is 0 Å². The minimum Gasteiger partial charge on any atom is -0.356 e. The molecule has 142 valence electrons. The third-order valence-corrected chi connectivity index (χ3v) is 7.23. The number of hydrogen-bond donors (Lipinski definition) is 1. The topological polar surface area (TPSA) is 37.3 Å². The molecule has 2 aromatic carbocycles. The van der Waals surface area contributed by atoms with Crippen molar-refractivity contribution < 1.29 is 4.79 Å². The molecule has 3 aromatic rings. The van der Waals surface area contributed by atoms with Crippen molar-refractivity contribution in [3.8, 4) is 0 Å². The summed E-state index contributed by atoms with van der Waals surface area (Å²) in [5, 5.41) is 4.35. The Morgan fingerprint density at radius 1 is 1.18 bits per heavy atom. The summed E-state index contributed by atoms with van der Waals surface area (Å²) in [6.45, 7) is 3.38. The predicted molar refractivity (Wildman–Crippen MR) is 112 cm³/mol. The van der Waals surface area contributed by atoms with Gasteiger partial charge in [0.05, 0.1) is 5.52 Å². The first-order chi connectivity index (χ1) is 13.7. The van der Waals surface area contributed by atoms with E-state index in [0.717, 1.165) is 19.4 Å². The second-order valence-corrected chi connectivity index (χ2v) is 8.44. The molecule has 1 spiro atoms. The first-order valence-electron chi connectivity index (χ1n) is 10.4. The van der Waals surface area contributed by atoms with E-state index in [4.69, 9.17) is 0 Å². The summed E-state index contributed by atoms with van der Waals surface area (Å²) in [7, 11) is 0. The number of rotatable bonds is 3. The second kappa shape index (κ2) is 5.63. The Balaban J connectivity index is 1.54. The summed E-state index contributed by atoms with van der Waals surface area (Å²) in [6.07, 6.45) is 4.44. The van der Waals surface area contributed by atoms with Crippen LogP contribution < -0.4 is 10.2 Å². The van der Waals surface area contributed by atoms with Gasteiger partial charge in [0.15, 0.2) is 0 Å². The maximum absolute atomic E-state index is 11.4. The van der Waals surface area contributed by atoms with E-state index in [1.807, 2.05) is 0 Å². The number of aromatic nitrogens is 1. The molecule has 4 heteroatoms. The van der Waals surface area contributed by atoms with Crippen LogP contribution in [-0.2, 0) is 23.3 Å². The fourth-order valence-corrected chi connectivity index (χ4v) is 6.14. The summed E-state index contributed by atoms with van der Waals surface area (Å²) in [4.78, 5) is 14.1. The number of nitrogens with zero attached hydrogens (tertiary/aromatic N) is 2. The normalized spacial score (nSPS) is 24.2. The van der Waals surface area contributed by atoms with Crippen molar-refractivity contribution in [2.24, 2.45) is 0 Å². The minimum atomic E-state index is 0.0486. The fraction of sp³-hybridized carbons (Fsp3) is 0.375. The molecule has 0 saturated heterocycles. The van der Waals surface area contributed by atoms with E-state index in [9.17, 15) is 4.79 Å². The van der Waals surface area contributed by atoms with Crippen LogP contribution >= 0.6 is 0 Å². The van der Waals surface area contributed by atoms with Crippen LogP contribution in [0, 0.1) is 0 Å². The zero-order chi connectivity index (χ0) is 18.9. The van der Waals surface area contributed by atoms with Crippen LogP contribution in [0.25, 0.3) is 10.9 Å². The molecule has 1 aliphatic carbocycles. The number of amides is 1. The Morgan fingerprint density at radius 2 is 2.00 bits per heavy atom. The number of carbonyl (C=O) groups is 1. The smallest absolute Gasteiger partial charge is 0.216 e. The molecule has 1 aromatic heterocycles. The summed E-state index contributed by atoms with van der Waals surface area (Å²) in [5.74, 6) is 0.634. The maximum atomic E-state index is 11.4. The van der Waals surface area contributed by atoms with Gasteiger partial charge in [-0.15, -0.1) is 0 Å². The highest BCUT2D eigenvalue weighted by Crippen LogP contribution is 2.64. The van der Waals surface area contributed by atoms with Gasteiger partial charge in [-0.05, 0) is 42.5 Å². The largest absolute Gasteiger partial charge is 0.356 e. The standard InChI is InChI=1S/C24H25N3O/c1-16(28)25-14-11-18-17-6-2-5-9-22(17)27-23(18)12-15-26-21-8-4-3-7-19(21)20-10-13-24(20,26)27/h2-9,20H,10-15H2,1H3,(H,25,28). The van der Waals surface area contributed by atoms with Crippen molar-refractivity contribution in [1.29, 1.82) is 0 Å². The third kappa shape index (κ3) is 1.88.